The molecule has 2 nitrogen and oxygen atoms in total. The summed E-state index contributed by atoms with van der Waals surface area (Å²) in [5.74, 6) is 0. The Kier molecular flexibility index (Phi) is 4.07. The van der Waals surface area contributed by atoms with Gasteiger partial charge in [-0.05, 0) is 52.0 Å². The topological polar surface area (TPSA) is 29.3 Å². The van der Waals surface area contributed by atoms with Crippen molar-refractivity contribution in [3.05, 3.63) is 45.1 Å². The molecule has 0 saturated heterocycles. The summed E-state index contributed by atoms with van der Waals surface area (Å²) in [4.78, 5) is 3.66. The number of likely N-dealkylation sites (N-methyl/N-ethyl adjacent to an activating group) is 1. The Morgan fingerprint density at radius 2 is 2.18 bits per heavy atom. The summed E-state index contributed by atoms with van der Waals surface area (Å²) < 4.78 is 1.05. The van der Waals surface area contributed by atoms with Crippen molar-refractivity contribution in [3.8, 4) is 0 Å². The van der Waals surface area contributed by atoms with Crippen molar-refractivity contribution < 1.29 is 0 Å². The Morgan fingerprint density at radius 1 is 1.35 bits per heavy atom. The van der Waals surface area contributed by atoms with Crippen LogP contribution in [-0.4, -0.2) is 13.6 Å². The summed E-state index contributed by atoms with van der Waals surface area (Å²) in [6, 6.07) is 10.2. The maximum atomic E-state index is 5.73. The van der Waals surface area contributed by atoms with Gasteiger partial charge in [-0.3, -0.25) is 0 Å². The molecule has 0 aliphatic heterocycles. The van der Waals surface area contributed by atoms with Gasteiger partial charge in [0.05, 0.1) is 5.69 Å². The van der Waals surface area contributed by atoms with E-state index in [0.29, 0.717) is 0 Å². The first kappa shape index (κ1) is 12.5. The molecule has 0 aliphatic carbocycles. The largest absolute Gasteiger partial charge is 0.399 e. The monoisotopic (exact) mass is 310 g/mol. The number of nitrogen functional groups attached to an aromatic ring is 1. The maximum absolute atomic E-state index is 5.73. The van der Waals surface area contributed by atoms with Crippen LogP contribution in [0.4, 0.5) is 11.4 Å². The Labute approximate surface area is 114 Å². The quantitative estimate of drug-likeness (QED) is 0.871. The Bertz CT molecular complexity index is 482. The lowest BCUT2D eigenvalue weighted by atomic mass is 10.2. The Balaban J connectivity index is 2.01. The van der Waals surface area contributed by atoms with Gasteiger partial charge in [-0.2, -0.15) is 0 Å². The molecule has 1 aromatic carbocycles. The van der Waals surface area contributed by atoms with E-state index in [9.17, 15) is 0 Å². The lowest BCUT2D eigenvalue weighted by molar-refractivity contribution is 0.885. The van der Waals surface area contributed by atoms with Gasteiger partial charge in [0.1, 0.15) is 0 Å². The van der Waals surface area contributed by atoms with Crippen molar-refractivity contribution in [2.75, 3.05) is 24.2 Å². The SMILES string of the molecule is CN(CCc1cccs1)c1ccc(N)cc1Br. The van der Waals surface area contributed by atoms with Gasteiger partial charge in [0.25, 0.3) is 0 Å². The molecule has 0 spiro atoms. The first-order valence-corrected chi connectivity index (χ1v) is 7.12. The first-order chi connectivity index (χ1) is 8.16. The molecule has 0 atom stereocenters. The third-order valence-corrected chi connectivity index (χ3v) is 4.23. The van der Waals surface area contributed by atoms with E-state index >= 15 is 0 Å². The molecule has 1 aromatic heterocycles. The molecule has 90 valence electrons. The highest BCUT2D eigenvalue weighted by atomic mass is 79.9. The van der Waals surface area contributed by atoms with Gasteiger partial charge in [-0.15, -0.1) is 11.3 Å². The smallest absolute Gasteiger partial charge is 0.0509 e. The second kappa shape index (κ2) is 5.56. The number of nitrogens with zero attached hydrogens (tertiary/aromatic N) is 1. The third-order valence-electron chi connectivity index (χ3n) is 2.66. The Hall–Kier alpha value is -1.00. The van der Waals surface area contributed by atoms with Crippen molar-refractivity contribution in [3.63, 3.8) is 0 Å². The van der Waals surface area contributed by atoms with E-state index in [2.05, 4.69) is 45.4 Å². The molecule has 0 saturated carbocycles. The molecule has 2 rings (SSSR count). The van der Waals surface area contributed by atoms with E-state index in [0.717, 1.165) is 23.1 Å². The predicted octanol–water partition coefficient (Wildman–Crippen LogP) is 3.77. The van der Waals surface area contributed by atoms with Crippen LogP contribution in [0.2, 0.25) is 0 Å². The highest BCUT2D eigenvalue weighted by Gasteiger charge is 2.06. The van der Waals surface area contributed by atoms with E-state index in [4.69, 9.17) is 5.73 Å². The molecule has 0 aliphatic rings. The summed E-state index contributed by atoms with van der Waals surface area (Å²) in [7, 11) is 2.10. The zero-order valence-corrected chi connectivity index (χ0v) is 12.1. The molecular weight excluding hydrogens is 296 g/mol. The molecular formula is C13H15BrN2S. The zero-order chi connectivity index (χ0) is 12.3. The molecule has 17 heavy (non-hydrogen) atoms. The minimum Gasteiger partial charge on any atom is -0.399 e. The normalized spacial score (nSPS) is 10.5. The molecule has 2 N–H and O–H groups in total. The second-order valence-electron chi connectivity index (χ2n) is 3.96. The number of rotatable bonds is 4. The van der Waals surface area contributed by atoms with E-state index in [1.165, 1.54) is 10.6 Å². The van der Waals surface area contributed by atoms with Crippen molar-refractivity contribution in [2.45, 2.75) is 6.42 Å². The second-order valence-corrected chi connectivity index (χ2v) is 5.85. The average Bonchev–Trinajstić information content (AvgIpc) is 2.78. The van der Waals surface area contributed by atoms with Crippen LogP contribution in [-0.2, 0) is 6.42 Å². The van der Waals surface area contributed by atoms with Crippen LogP contribution in [0.25, 0.3) is 0 Å². The fourth-order valence-corrected chi connectivity index (χ4v) is 3.08. The molecule has 0 bridgehead atoms. The summed E-state index contributed by atoms with van der Waals surface area (Å²) in [6.45, 7) is 1.00. The molecule has 0 radical (unpaired) electrons. The lowest BCUT2D eigenvalue weighted by Crippen LogP contribution is -2.20. The lowest BCUT2D eigenvalue weighted by Gasteiger charge is -2.20. The van der Waals surface area contributed by atoms with Crippen LogP contribution in [0.3, 0.4) is 0 Å². The van der Waals surface area contributed by atoms with Gasteiger partial charge in [0, 0.05) is 28.6 Å². The van der Waals surface area contributed by atoms with Gasteiger partial charge < -0.3 is 10.6 Å². The van der Waals surface area contributed by atoms with Gasteiger partial charge in [0.2, 0.25) is 0 Å². The van der Waals surface area contributed by atoms with Crippen LogP contribution >= 0.6 is 27.3 Å². The predicted molar refractivity (Wildman–Crippen MR) is 79.8 cm³/mol. The molecule has 4 heteroatoms. The van der Waals surface area contributed by atoms with Crippen molar-refractivity contribution in [1.29, 1.82) is 0 Å². The van der Waals surface area contributed by atoms with E-state index in [1.54, 1.807) is 0 Å². The van der Waals surface area contributed by atoms with Gasteiger partial charge in [-0.1, -0.05) is 6.07 Å². The fraction of sp³-hybridized carbons (Fsp3) is 0.231. The van der Waals surface area contributed by atoms with Crippen molar-refractivity contribution in [1.82, 2.24) is 0 Å². The fourth-order valence-electron chi connectivity index (χ4n) is 1.69. The summed E-state index contributed by atoms with van der Waals surface area (Å²) in [6.07, 6.45) is 1.07. The van der Waals surface area contributed by atoms with Crippen LogP contribution in [0.15, 0.2) is 40.2 Å². The molecule has 1 heterocycles. The molecule has 2 aromatic rings. The number of hydrogen-bond donors (Lipinski definition) is 1. The number of thiophene rings is 1. The molecule has 0 unspecified atom stereocenters. The van der Waals surface area contributed by atoms with Crippen LogP contribution < -0.4 is 10.6 Å². The third kappa shape index (κ3) is 3.23. The van der Waals surface area contributed by atoms with Gasteiger partial charge in [-0.25, -0.2) is 0 Å². The van der Waals surface area contributed by atoms with Crippen LogP contribution in [0.5, 0.6) is 0 Å². The number of anilines is 2. The summed E-state index contributed by atoms with van der Waals surface area (Å²) in [5.41, 5.74) is 7.69. The minimum absolute atomic E-state index is 0.785. The van der Waals surface area contributed by atoms with Gasteiger partial charge >= 0.3 is 0 Å². The van der Waals surface area contributed by atoms with E-state index in [1.807, 2.05) is 29.5 Å². The molecule has 0 amide bonds. The highest BCUT2D eigenvalue weighted by Crippen LogP contribution is 2.27. The Morgan fingerprint density at radius 3 is 2.82 bits per heavy atom. The van der Waals surface area contributed by atoms with E-state index < -0.39 is 0 Å². The number of benzene rings is 1. The highest BCUT2D eigenvalue weighted by molar-refractivity contribution is 9.10. The first-order valence-electron chi connectivity index (χ1n) is 5.45. The average molecular weight is 311 g/mol. The number of halogens is 1. The molecule has 0 fully saturated rings. The zero-order valence-electron chi connectivity index (χ0n) is 9.69. The van der Waals surface area contributed by atoms with Crippen molar-refractivity contribution in [2.24, 2.45) is 0 Å². The van der Waals surface area contributed by atoms with Crippen molar-refractivity contribution >= 4 is 38.6 Å². The van der Waals surface area contributed by atoms with Gasteiger partial charge in [0.15, 0.2) is 0 Å². The van der Waals surface area contributed by atoms with Crippen LogP contribution in [0.1, 0.15) is 4.88 Å². The van der Waals surface area contributed by atoms with E-state index in [-0.39, 0.29) is 0 Å². The van der Waals surface area contributed by atoms with Crippen LogP contribution in [0, 0.1) is 0 Å². The standard InChI is InChI=1S/C13H15BrN2S/c1-16(7-6-11-3-2-8-17-11)13-5-4-10(15)9-12(13)14/h2-5,8-9H,6-7,15H2,1H3. The minimum atomic E-state index is 0.785. The number of hydrogen-bond acceptors (Lipinski definition) is 3. The summed E-state index contributed by atoms with van der Waals surface area (Å²) >= 11 is 5.36. The summed E-state index contributed by atoms with van der Waals surface area (Å²) in [5, 5.41) is 2.12. The number of nitrogens with two attached hydrogens (primary N) is 1. The maximum Gasteiger partial charge on any atom is 0.0509 e.